The molecule has 0 amide bonds. The van der Waals surface area contributed by atoms with Gasteiger partial charge in [0, 0.05) is 13.0 Å². The molecule has 0 saturated heterocycles. The summed E-state index contributed by atoms with van der Waals surface area (Å²) in [4.78, 5) is 0. The summed E-state index contributed by atoms with van der Waals surface area (Å²) in [6, 6.07) is 26.7. The molecule has 1 aromatic heterocycles. The fraction of sp³-hybridized carbons (Fsp3) is 0.160. The largest absolute Gasteiger partial charge is 0.485 e. The van der Waals surface area contributed by atoms with Gasteiger partial charge in [0.1, 0.15) is 20.3 Å². The molecule has 0 aliphatic rings. The third-order valence-electron chi connectivity index (χ3n) is 4.99. The summed E-state index contributed by atoms with van der Waals surface area (Å²) in [5, 5.41) is 2.31. The molecule has 0 saturated carbocycles. The number of rotatable bonds is 6. The van der Waals surface area contributed by atoms with Crippen molar-refractivity contribution in [3.05, 3.63) is 102 Å². The number of hydrogen-bond acceptors (Lipinski definition) is 2. The van der Waals surface area contributed by atoms with Gasteiger partial charge in [0.05, 0.1) is 5.39 Å². The highest BCUT2D eigenvalue weighted by atomic mass is 16.5. The highest BCUT2D eigenvalue weighted by Gasteiger charge is 2.14. The number of ether oxygens (including phenoxy) is 2. The minimum atomic E-state index is 0.506. The first-order valence-electron chi connectivity index (χ1n) is 9.47. The van der Waals surface area contributed by atoms with Gasteiger partial charge in [0.25, 0.3) is 0 Å². The lowest BCUT2D eigenvalue weighted by molar-refractivity contribution is -0.676. The van der Waals surface area contributed by atoms with E-state index in [9.17, 15) is 0 Å². The molecular formula is C25H24NO2+. The predicted octanol–water partition coefficient (Wildman–Crippen LogP) is 5.13. The Bertz CT molecular complexity index is 1080. The molecular weight excluding hydrogens is 346 g/mol. The number of nitrogens with zero attached hydrogens (tertiary/aromatic N) is 1. The van der Waals surface area contributed by atoms with Crippen molar-refractivity contribution in [1.82, 2.24) is 0 Å². The molecule has 0 unspecified atom stereocenters. The standard InChI is InChI=1S/C25H24NO2/c1-19-23-16-25(28-18-21-11-7-4-8-12-21)24(15-22(23)13-14-26(19)2)27-17-20-9-5-3-6-10-20/h3-16H,17-18H2,1-2H3/q+1. The van der Waals surface area contributed by atoms with Crippen molar-refractivity contribution in [2.24, 2.45) is 7.05 Å². The van der Waals surface area contributed by atoms with Gasteiger partial charge in [-0.15, -0.1) is 0 Å². The lowest BCUT2D eigenvalue weighted by Gasteiger charge is -2.15. The number of pyridine rings is 1. The number of fused-ring (bicyclic) bond motifs is 1. The minimum Gasteiger partial charge on any atom is -0.485 e. The van der Waals surface area contributed by atoms with Gasteiger partial charge in [-0.3, -0.25) is 0 Å². The van der Waals surface area contributed by atoms with Gasteiger partial charge in [-0.05, 0) is 28.6 Å². The van der Waals surface area contributed by atoms with E-state index in [-0.39, 0.29) is 0 Å². The Labute approximate surface area is 165 Å². The van der Waals surface area contributed by atoms with E-state index in [1.54, 1.807) is 0 Å². The molecule has 0 atom stereocenters. The van der Waals surface area contributed by atoms with Crippen molar-refractivity contribution in [2.75, 3.05) is 0 Å². The maximum atomic E-state index is 6.18. The van der Waals surface area contributed by atoms with Crippen LogP contribution in [0.25, 0.3) is 10.8 Å². The van der Waals surface area contributed by atoms with Gasteiger partial charge in [-0.25, -0.2) is 4.57 Å². The van der Waals surface area contributed by atoms with Crippen LogP contribution >= 0.6 is 0 Å². The molecule has 1 heterocycles. The molecule has 4 aromatic rings. The summed E-state index contributed by atoms with van der Waals surface area (Å²) in [6.45, 7) is 3.13. The van der Waals surface area contributed by atoms with Gasteiger partial charge in [-0.2, -0.15) is 0 Å². The lowest BCUT2D eigenvalue weighted by atomic mass is 10.1. The monoisotopic (exact) mass is 370 g/mol. The molecule has 0 aliphatic heterocycles. The maximum Gasteiger partial charge on any atom is 0.185 e. The SMILES string of the molecule is Cc1c2cc(OCc3ccccc3)c(OCc3ccccc3)cc2cc[n+]1C. The third-order valence-corrected chi connectivity index (χ3v) is 4.99. The predicted molar refractivity (Wildman–Crippen MR) is 111 cm³/mol. The number of aromatic nitrogens is 1. The van der Waals surface area contributed by atoms with Crippen LogP contribution < -0.4 is 14.0 Å². The summed E-state index contributed by atoms with van der Waals surface area (Å²) < 4.78 is 14.5. The molecule has 0 aliphatic carbocycles. The first-order valence-corrected chi connectivity index (χ1v) is 9.47. The van der Waals surface area contributed by atoms with Crippen LogP contribution in [0.15, 0.2) is 85.1 Å². The average Bonchev–Trinajstić information content (AvgIpc) is 2.75. The summed E-state index contributed by atoms with van der Waals surface area (Å²) in [7, 11) is 2.05. The fourth-order valence-corrected chi connectivity index (χ4v) is 3.22. The second-order valence-electron chi connectivity index (χ2n) is 6.95. The highest BCUT2D eigenvalue weighted by Crippen LogP contribution is 2.34. The van der Waals surface area contributed by atoms with Crippen molar-refractivity contribution in [3.63, 3.8) is 0 Å². The van der Waals surface area contributed by atoms with Crippen LogP contribution in [0.5, 0.6) is 11.5 Å². The average molecular weight is 370 g/mol. The first kappa shape index (κ1) is 18.1. The van der Waals surface area contributed by atoms with Gasteiger partial charge in [0.15, 0.2) is 23.4 Å². The summed E-state index contributed by atoms with van der Waals surface area (Å²) >= 11 is 0. The van der Waals surface area contributed by atoms with E-state index >= 15 is 0 Å². The molecule has 3 aromatic carbocycles. The fourth-order valence-electron chi connectivity index (χ4n) is 3.22. The van der Waals surface area contributed by atoms with Crippen molar-refractivity contribution >= 4 is 10.8 Å². The summed E-state index contributed by atoms with van der Waals surface area (Å²) in [5.74, 6) is 1.53. The molecule has 140 valence electrons. The maximum absolute atomic E-state index is 6.18. The number of benzene rings is 3. The lowest BCUT2D eigenvalue weighted by Crippen LogP contribution is -2.31. The normalized spacial score (nSPS) is 10.8. The molecule has 3 heteroatoms. The Morgan fingerprint density at radius 2 is 1.25 bits per heavy atom. The topological polar surface area (TPSA) is 22.3 Å². The van der Waals surface area contributed by atoms with Gasteiger partial charge in [-0.1, -0.05) is 60.7 Å². The van der Waals surface area contributed by atoms with E-state index < -0.39 is 0 Å². The second-order valence-corrected chi connectivity index (χ2v) is 6.95. The van der Waals surface area contributed by atoms with Crippen molar-refractivity contribution < 1.29 is 14.0 Å². The van der Waals surface area contributed by atoms with Crippen LogP contribution in [0.3, 0.4) is 0 Å². The molecule has 0 radical (unpaired) electrons. The minimum absolute atomic E-state index is 0.506. The van der Waals surface area contributed by atoms with Gasteiger partial charge < -0.3 is 9.47 Å². The smallest absolute Gasteiger partial charge is 0.185 e. The summed E-state index contributed by atoms with van der Waals surface area (Å²) in [6.07, 6.45) is 2.07. The van der Waals surface area contributed by atoms with Crippen LogP contribution in [-0.2, 0) is 20.3 Å². The van der Waals surface area contributed by atoms with E-state index in [0.717, 1.165) is 28.0 Å². The zero-order chi connectivity index (χ0) is 19.3. The molecule has 28 heavy (non-hydrogen) atoms. The molecule has 3 nitrogen and oxygen atoms in total. The van der Waals surface area contributed by atoms with Crippen LogP contribution in [-0.4, -0.2) is 0 Å². The molecule has 0 fully saturated rings. The van der Waals surface area contributed by atoms with Crippen molar-refractivity contribution in [1.29, 1.82) is 0 Å². The number of aryl methyl sites for hydroxylation is 2. The molecule has 0 bridgehead atoms. The molecule has 4 rings (SSSR count). The Morgan fingerprint density at radius 1 is 0.714 bits per heavy atom. The zero-order valence-corrected chi connectivity index (χ0v) is 16.3. The Kier molecular flexibility index (Phi) is 5.24. The van der Waals surface area contributed by atoms with E-state index in [4.69, 9.17) is 9.47 Å². The highest BCUT2D eigenvalue weighted by molar-refractivity contribution is 5.86. The Balaban J connectivity index is 1.67. The van der Waals surface area contributed by atoms with Crippen LogP contribution in [0, 0.1) is 6.92 Å². The van der Waals surface area contributed by atoms with Gasteiger partial charge >= 0.3 is 0 Å². The quantitative estimate of drug-likeness (QED) is 0.439. The van der Waals surface area contributed by atoms with E-state index in [2.05, 4.69) is 67.2 Å². The van der Waals surface area contributed by atoms with E-state index in [0.29, 0.717) is 13.2 Å². The van der Waals surface area contributed by atoms with Crippen LogP contribution in [0.2, 0.25) is 0 Å². The van der Waals surface area contributed by atoms with Gasteiger partial charge in [0.2, 0.25) is 0 Å². The molecule has 0 spiro atoms. The molecule has 0 N–H and O–H groups in total. The van der Waals surface area contributed by atoms with E-state index in [1.165, 1.54) is 11.1 Å². The third kappa shape index (κ3) is 3.99. The number of hydrogen-bond donors (Lipinski definition) is 0. The first-order chi connectivity index (χ1) is 13.7. The van der Waals surface area contributed by atoms with Crippen molar-refractivity contribution in [3.8, 4) is 11.5 Å². The van der Waals surface area contributed by atoms with Crippen LogP contribution in [0.4, 0.5) is 0 Å². The Hall–Kier alpha value is -3.33. The second kappa shape index (κ2) is 8.13. The zero-order valence-electron chi connectivity index (χ0n) is 16.3. The van der Waals surface area contributed by atoms with E-state index in [1.807, 2.05) is 36.4 Å². The summed E-state index contributed by atoms with van der Waals surface area (Å²) in [5.41, 5.74) is 3.45. The van der Waals surface area contributed by atoms with Crippen LogP contribution in [0.1, 0.15) is 16.8 Å². The van der Waals surface area contributed by atoms with Crippen molar-refractivity contribution in [2.45, 2.75) is 20.1 Å². The Morgan fingerprint density at radius 3 is 1.82 bits per heavy atom.